The number of fused-ring (bicyclic) bond motifs is 3. The zero-order chi connectivity index (χ0) is 12.0. The second-order valence-corrected chi connectivity index (χ2v) is 5.24. The van der Waals surface area contributed by atoms with Gasteiger partial charge in [-0.3, -0.25) is 4.79 Å². The van der Waals surface area contributed by atoms with Gasteiger partial charge in [-0.15, -0.1) is 11.3 Å². The van der Waals surface area contributed by atoms with Gasteiger partial charge in [-0.2, -0.15) is 0 Å². The number of hydrogen-bond donors (Lipinski definition) is 1. The van der Waals surface area contributed by atoms with Gasteiger partial charge in [-0.05, 0) is 12.1 Å². The molecule has 86 valence electrons. The van der Waals surface area contributed by atoms with Crippen LogP contribution in [0.3, 0.4) is 0 Å². The second kappa shape index (κ2) is 3.63. The quantitative estimate of drug-likeness (QED) is 0.717. The summed E-state index contributed by atoms with van der Waals surface area (Å²) in [5, 5.41) is 0.959. The normalized spacial score (nSPS) is 11.7. The van der Waals surface area contributed by atoms with Gasteiger partial charge in [0.1, 0.15) is 15.4 Å². The Balaban J connectivity index is 2.50. The first-order valence-electron chi connectivity index (χ1n) is 5.44. The Bertz CT molecular complexity index is 757. The zero-order valence-electron chi connectivity index (χ0n) is 9.52. The van der Waals surface area contributed by atoms with Crippen LogP contribution in [-0.2, 0) is 0 Å². The van der Waals surface area contributed by atoms with Crippen molar-refractivity contribution < 1.29 is 0 Å². The van der Waals surface area contributed by atoms with Crippen LogP contribution in [-0.4, -0.2) is 15.0 Å². The molecular weight excluding hydrogens is 234 g/mol. The fourth-order valence-corrected chi connectivity index (χ4v) is 2.76. The SMILES string of the molecule is CC(C)c1nc2c(sc3ncccc32)c(=O)[nH]1. The molecule has 0 aliphatic rings. The van der Waals surface area contributed by atoms with Gasteiger partial charge < -0.3 is 4.98 Å². The predicted octanol–water partition coefficient (Wildman–Crippen LogP) is 2.66. The van der Waals surface area contributed by atoms with E-state index in [1.54, 1.807) is 6.20 Å². The van der Waals surface area contributed by atoms with Gasteiger partial charge in [0.15, 0.2) is 0 Å². The van der Waals surface area contributed by atoms with E-state index in [4.69, 9.17) is 0 Å². The van der Waals surface area contributed by atoms with E-state index >= 15 is 0 Å². The molecule has 3 rings (SSSR count). The van der Waals surface area contributed by atoms with Crippen molar-refractivity contribution in [2.24, 2.45) is 0 Å². The topological polar surface area (TPSA) is 58.6 Å². The lowest BCUT2D eigenvalue weighted by Gasteiger charge is -2.03. The van der Waals surface area contributed by atoms with Crippen molar-refractivity contribution in [2.45, 2.75) is 19.8 Å². The molecule has 17 heavy (non-hydrogen) atoms. The van der Waals surface area contributed by atoms with Gasteiger partial charge >= 0.3 is 0 Å². The molecule has 0 radical (unpaired) electrons. The third kappa shape index (κ3) is 1.54. The molecule has 0 atom stereocenters. The van der Waals surface area contributed by atoms with Crippen molar-refractivity contribution in [3.8, 4) is 0 Å². The Morgan fingerprint density at radius 3 is 3.00 bits per heavy atom. The third-order valence-corrected chi connectivity index (χ3v) is 3.77. The summed E-state index contributed by atoms with van der Waals surface area (Å²) >= 11 is 1.39. The maximum atomic E-state index is 12.0. The summed E-state index contributed by atoms with van der Waals surface area (Å²) in [5.41, 5.74) is 0.701. The largest absolute Gasteiger partial charge is 0.309 e. The molecule has 0 saturated carbocycles. The first-order chi connectivity index (χ1) is 8.16. The van der Waals surface area contributed by atoms with Crippen LogP contribution in [0.4, 0.5) is 0 Å². The van der Waals surface area contributed by atoms with Gasteiger partial charge in [-0.25, -0.2) is 9.97 Å². The number of thiophene rings is 1. The Morgan fingerprint density at radius 2 is 2.24 bits per heavy atom. The number of nitrogens with one attached hydrogen (secondary N) is 1. The Hall–Kier alpha value is -1.75. The van der Waals surface area contributed by atoms with Gasteiger partial charge in [0.2, 0.25) is 0 Å². The summed E-state index contributed by atoms with van der Waals surface area (Å²) < 4.78 is 0.656. The van der Waals surface area contributed by atoms with E-state index in [9.17, 15) is 4.79 Å². The first kappa shape index (κ1) is 10.4. The van der Waals surface area contributed by atoms with Crippen LogP contribution in [0.5, 0.6) is 0 Å². The predicted molar refractivity (Wildman–Crippen MR) is 69.6 cm³/mol. The van der Waals surface area contributed by atoms with E-state index in [0.717, 1.165) is 21.6 Å². The maximum absolute atomic E-state index is 12.0. The van der Waals surface area contributed by atoms with Crippen LogP contribution >= 0.6 is 11.3 Å². The molecule has 3 aromatic heterocycles. The molecule has 0 amide bonds. The molecule has 1 N–H and O–H groups in total. The molecule has 0 aliphatic carbocycles. The molecule has 3 aromatic rings. The molecule has 0 spiro atoms. The van der Waals surface area contributed by atoms with Crippen LogP contribution in [0, 0.1) is 0 Å². The summed E-state index contributed by atoms with van der Waals surface area (Å²) in [6.45, 7) is 4.02. The lowest BCUT2D eigenvalue weighted by molar-refractivity contribution is 0.778. The maximum Gasteiger partial charge on any atom is 0.268 e. The average Bonchev–Trinajstić information content (AvgIpc) is 2.68. The fraction of sp³-hybridized carbons (Fsp3) is 0.250. The minimum atomic E-state index is -0.0679. The minimum Gasteiger partial charge on any atom is -0.309 e. The first-order valence-corrected chi connectivity index (χ1v) is 6.26. The van der Waals surface area contributed by atoms with Crippen molar-refractivity contribution in [2.75, 3.05) is 0 Å². The van der Waals surface area contributed by atoms with Gasteiger partial charge in [-0.1, -0.05) is 13.8 Å². The molecule has 3 heterocycles. The van der Waals surface area contributed by atoms with E-state index in [1.165, 1.54) is 11.3 Å². The summed E-state index contributed by atoms with van der Waals surface area (Å²) in [5.74, 6) is 0.935. The number of aromatic amines is 1. The highest BCUT2D eigenvalue weighted by Gasteiger charge is 2.12. The zero-order valence-corrected chi connectivity index (χ0v) is 10.3. The molecule has 0 fully saturated rings. The van der Waals surface area contributed by atoms with E-state index in [-0.39, 0.29) is 11.5 Å². The number of H-pyrrole nitrogens is 1. The second-order valence-electron chi connectivity index (χ2n) is 4.24. The number of rotatable bonds is 1. The summed E-state index contributed by atoms with van der Waals surface area (Å²) in [6, 6.07) is 3.82. The van der Waals surface area contributed by atoms with Crippen molar-refractivity contribution in [3.05, 3.63) is 34.5 Å². The van der Waals surface area contributed by atoms with E-state index in [0.29, 0.717) is 4.70 Å². The highest BCUT2D eigenvalue weighted by Crippen LogP contribution is 2.28. The van der Waals surface area contributed by atoms with E-state index < -0.39 is 0 Å². The minimum absolute atomic E-state index is 0.0679. The van der Waals surface area contributed by atoms with Gasteiger partial charge in [0, 0.05) is 17.5 Å². The van der Waals surface area contributed by atoms with Crippen molar-refractivity contribution in [1.29, 1.82) is 0 Å². The van der Waals surface area contributed by atoms with Crippen LogP contribution in [0.2, 0.25) is 0 Å². The summed E-state index contributed by atoms with van der Waals surface area (Å²) in [7, 11) is 0. The van der Waals surface area contributed by atoms with Crippen LogP contribution in [0.1, 0.15) is 25.6 Å². The highest BCUT2D eigenvalue weighted by molar-refractivity contribution is 7.25. The standard InChI is InChI=1S/C12H11N3OS/c1-6(2)10-14-8-7-4-3-5-13-12(7)17-9(8)11(16)15-10/h3-6H,1-2H3,(H,14,15,16). The lowest BCUT2D eigenvalue weighted by atomic mass is 10.2. The molecule has 0 unspecified atom stereocenters. The van der Waals surface area contributed by atoms with Crippen molar-refractivity contribution >= 4 is 31.8 Å². The highest BCUT2D eigenvalue weighted by atomic mass is 32.1. The van der Waals surface area contributed by atoms with Gasteiger partial charge in [0.25, 0.3) is 5.56 Å². The number of hydrogen-bond acceptors (Lipinski definition) is 4. The molecule has 0 aromatic carbocycles. The molecule has 0 saturated heterocycles. The van der Waals surface area contributed by atoms with Crippen molar-refractivity contribution in [3.63, 3.8) is 0 Å². The average molecular weight is 245 g/mol. The molecule has 0 bridgehead atoms. The van der Waals surface area contributed by atoms with Crippen molar-refractivity contribution in [1.82, 2.24) is 15.0 Å². The summed E-state index contributed by atoms with van der Waals surface area (Å²) in [4.78, 5) is 24.4. The summed E-state index contributed by atoms with van der Waals surface area (Å²) in [6.07, 6.45) is 1.73. The van der Waals surface area contributed by atoms with E-state index in [2.05, 4.69) is 15.0 Å². The molecule has 5 heteroatoms. The van der Waals surface area contributed by atoms with Gasteiger partial charge in [0.05, 0.1) is 5.52 Å². The molecule has 0 aliphatic heterocycles. The number of pyridine rings is 1. The number of nitrogens with zero attached hydrogens (tertiary/aromatic N) is 2. The molecule has 4 nitrogen and oxygen atoms in total. The fourth-order valence-electron chi connectivity index (χ4n) is 1.78. The Labute approximate surface area is 101 Å². The van der Waals surface area contributed by atoms with E-state index in [1.807, 2.05) is 26.0 Å². The van der Waals surface area contributed by atoms with Crippen LogP contribution in [0.25, 0.3) is 20.4 Å². The third-order valence-electron chi connectivity index (χ3n) is 2.67. The van der Waals surface area contributed by atoms with Crippen LogP contribution in [0.15, 0.2) is 23.1 Å². The Morgan fingerprint density at radius 1 is 1.41 bits per heavy atom. The number of aromatic nitrogens is 3. The van der Waals surface area contributed by atoms with Crippen LogP contribution < -0.4 is 5.56 Å². The molecular formula is C12H11N3OS. The Kier molecular flexibility index (Phi) is 2.22. The monoisotopic (exact) mass is 245 g/mol. The smallest absolute Gasteiger partial charge is 0.268 e. The lowest BCUT2D eigenvalue weighted by Crippen LogP contribution is -2.11.